The number of nitrogens with one attached hydrogen (secondary N) is 1. The van der Waals surface area contributed by atoms with Gasteiger partial charge in [0.25, 0.3) is 0 Å². The van der Waals surface area contributed by atoms with Crippen LogP contribution in [-0.4, -0.2) is 193 Å². The zero-order valence-corrected chi connectivity index (χ0v) is 44.9. The number of carbonyl (C=O) groups excluding carboxylic acids is 1. The first kappa shape index (κ1) is 67.2. The van der Waals surface area contributed by atoms with Crippen molar-refractivity contribution in [2.24, 2.45) is 0 Å². The van der Waals surface area contributed by atoms with E-state index in [9.17, 15) is 61.0 Å². The van der Waals surface area contributed by atoms with Gasteiger partial charge in [0.2, 0.25) is 5.91 Å². The maximum Gasteiger partial charge on any atom is 0.220 e. The topological polar surface area (TPSA) is 307 Å². The fourth-order valence-electron chi connectivity index (χ4n) is 8.88. The SMILES string of the molecule is CC/C=C\C/C=C\C/C=C\C/C=C\C/C=C\C/C=C\C/C=C\CCCCCC(=O)NC(COC1OC(CO)C(OC2OC(CO)C(OC3OC(CO)C(O)C(O)C3O)C(O)C2O)C(O)C1O)C(O)CCCCCCCC. The lowest BCUT2D eigenvalue weighted by atomic mass is 9.96. The molecule has 0 radical (unpaired) electrons. The van der Waals surface area contributed by atoms with Gasteiger partial charge in [-0.05, 0) is 70.6 Å². The van der Waals surface area contributed by atoms with Crippen molar-refractivity contribution in [2.45, 2.75) is 240 Å². The number of unbranched alkanes of at least 4 members (excludes halogenated alkanes) is 8. The molecule has 0 bridgehead atoms. The third kappa shape index (κ3) is 24.5. The summed E-state index contributed by atoms with van der Waals surface area (Å²) in [5, 5.41) is 120. The standard InChI is InChI=1S/C57H95NO18/c1-3-5-7-9-11-12-13-14-15-16-17-18-19-20-21-22-23-24-25-26-27-28-29-31-33-35-45(63)58-40(41(62)34-32-30-10-8-6-4-2)39-71-55-51(69)48(66)53(43(37-60)73-55)76-57-52(70)49(67)54(44(38-61)74-57)75-56-50(68)47(65)46(64)42(36-59)72-56/h5,7,11-12,14-15,17-18,20-21,23-24,26-27,40-44,46-57,59-62,64-70H,3-4,6,8-10,13,16,19,22,25,28-39H2,1-2H3,(H,58,63)/b7-5-,12-11-,15-14-,18-17-,21-20-,24-23-,27-26-. The highest BCUT2D eigenvalue weighted by molar-refractivity contribution is 5.76. The van der Waals surface area contributed by atoms with Crippen molar-refractivity contribution in [1.82, 2.24) is 5.32 Å². The second kappa shape index (κ2) is 40.2. The molecular formula is C57H95NO18. The largest absolute Gasteiger partial charge is 0.394 e. The van der Waals surface area contributed by atoms with E-state index in [1.807, 2.05) is 0 Å². The Morgan fingerprint density at radius 2 is 0.908 bits per heavy atom. The first-order valence-electron chi connectivity index (χ1n) is 27.8. The smallest absolute Gasteiger partial charge is 0.220 e. The number of allylic oxidation sites excluding steroid dienone is 14. The van der Waals surface area contributed by atoms with Gasteiger partial charge in [0, 0.05) is 6.42 Å². The van der Waals surface area contributed by atoms with Crippen molar-refractivity contribution in [1.29, 1.82) is 0 Å². The summed E-state index contributed by atoms with van der Waals surface area (Å²) >= 11 is 0. The minimum absolute atomic E-state index is 0.219. The van der Waals surface area contributed by atoms with Crippen LogP contribution in [-0.2, 0) is 33.2 Å². The number of hydrogen-bond acceptors (Lipinski definition) is 18. The highest BCUT2D eigenvalue weighted by atomic mass is 16.8. The molecule has 19 nitrogen and oxygen atoms in total. The Hall–Kier alpha value is -3.03. The molecule has 17 unspecified atom stereocenters. The van der Waals surface area contributed by atoms with Crippen LogP contribution in [0.3, 0.4) is 0 Å². The first-order chi connectivity index (χ1) is 36.8. The van der Waals surface area contributed by atoms with Gasteiger partial charge in [-0.15, -0.1) is 0 Å². The maximum atomic E-state index is 13.2. The van der Waals surface area contributed by atoms with Crippen LogP contribution in [0.15, 0.2) is 85.1 Å². The molecule has 3 fully saturated rings. The van der Waals surface area contributed by atoms with Crippen LogP contribution >= 0.6 is 0 Å². The molecule has 3 aliphatic rings. The Labute approximate surface area is 450 Å². The lowest BCUT2D eigenvalue weighted by Crippen LogP contribution is -2.66. The summed E-state index contributed by atoms with van der Waals surface area (Å²) < 4.78 is 34.1. The van der Waals surface area contributed by atoms with Gasteiger partial charge in [0.1, 0.15) is 73.2 Å². The molecule has 436 valence electrons. The molecule has 0 aromatic heterocycles. The molecule has 1 amide bonds. The Morgan fingerprint density at radius 1 is 0.487 bits per heavy atom. The average Bonchev–Trinajstić information content (AvgIpc) is 3.42. The summed E-state index contributed by atoms with van der Waals surface area (Å²) in [6.07, 6.45) is 20.2. The number of ether oxygens (including phenoxy) is 6. The van der Waals surface area contributed by atoms with Crippen molar-refractivity contribution in [3.05, 3.63) is 85.1 Å². The molecule has 3 rings (SSSR count). The normalized spacial score (nSPS) is 31.6. The monoisotopic (exact) mass is 1080 g/mol. The average molecular weight is 1080 g/mol. The molecule has 0 spiro atoms. The number of aliphatic hydroxyl groups is 11. The minimum atomic E-state index is -1.98. The van der Waals surface area contributed by atoms with Crippen LogP contribution in [0.25, 0.3) is 0 Å². The lowest BCUT2D eigenvalue weighted by molar-refractivity contribution is -0.379. The molecule has 17 atom stereocenters. The predicted octanol–water partition coefficient (Wildman–Crippen LogP) is 3.64. The fourth-order valence-corrected chi connectivity index (χ4v) is 8.88. The van der Waals surface area contributed by atoms with E-state index in [0.29, 0.717) is 19.3 Å². The van der Waals surface area contributed by atoms with Crippen molar-refractivity contribution in [3.63, 3.8) is 0 Å². The van der Waals surface area contributed by atoms with Crippen LogP contribution in [0.4, 0.5) is 0 Å². The summed E-state index contributed by atoms with van der Waals surface area (Å²) in [4.78, 5) is 13.2. The maximum absolute atomic E-state index is 13.2. The van der Waals surface area contributed by atoms with Gasteiger partial charge in [-0.3, -0.25) is 4.79 Å². The molecule has 3 aliphatic heterocycles. The Balaban J connectivity index is 1.44. The second-order valence-electron chi connectivity index (χ2n) is 19.7. The quantitative estimate of drug-likeness (QED) is 0.0310. The molecule has 0 saturated carbocycles. The zero-order valence-electron chi connectivity index (χ0n) is 44.9. The Kier molecular flexibility index (Phi) is 35.6. The number of amides is 1. The van der Waals surface area contributed by atoms with Crippen molar-refractivity contribution >= 4 is 5.91 Å². The van der Waals surface area contributed by atoms with E-state index in [1.54, 1.807) is 0 Å². The molecule has 0 aliphatic carbocycles. The number of carbonyl (C=O) groups is 1. The number of hydrogen-bond donors (Lipinski definition) is 12. The van der Waals surface area contributed by atoms with Crippen LogP contribution < -0.4 is 5.32 Å². The van der Waals surface area contributed by atoms with Gasteiger partial charge in [0.05, 0.1) is 38.6 Å². The molecule has 76 heavy (non-hydrogen) atoms. The van der Waals surface area contributed by atoms with Crippen LogP contribution in [0.5, 0.6) is 0 Å². The summed E-state index contributed by atoms with van der Waals surface area (Å²) in [5.41, 5.74) is 0. The summed E-state index contributed by atoms with van der Waals surface area (Å²) in [6, 6.07) is -0.907. The van der Waals surface area contributed by atoms with Crippen LogP contribution in [0.2, 0.25) is 0 Å². The fraction of sp³-hybridized carbons (Fsp3) is 0.737. The number of rotatable bonds is 38. The van der Waals surface area contributed by atoms with Crippen LogP contribution in [0.1, 0.15) is 136 Å². The van der Waals surface area contributed by atoms with E-state index in [4.69, 9.17) is 28.4 Å². The second-order valence-corrected chi connectivity index (χ2v) is 19.7. The van der Waals surface area contributed by atoms with Gasteiger partial charge in [-0.2, -0.15) is 0 Å². The summed E-state index contributed by atoms with van der Waals surface area (Å²) in [5.74, 6) is -0.286. The molecule has 3 heterocycles. The summed E-state index contributed by atoms with van der Waals surface area (Å²) in [6.45, 7) is 1.52. The van der Waals surface area contributed by atoms with E-state index in [0.717, 1.165) is 96.3 Å². The molecular weight excluding hydrogens is 987 g/mol. The van der Waals surface area contributed by atoms with Gasteiger partial charge in [0.15, 0.2) is 18.9 Å². The highest BCUT2D eigenvalue weighted by Crippen LogP contribution is 2.33. The highest BCUT2D eigenvalue weighted by Gasteiger charge is 2.53. The lowest BCUT2D eigenvalue weighted by Gasteiger charge is -2.48. The zero-order chi connectivity index (χ0) is 55.5. The molecule has 0 aromatic carbocycles. The van der Waals surface area contributed by atoms with Gasteiger partial charge in [-0.25, -0.2) is 0 Å². The molecule has 12 N–H and O–H groups in total. The minimum Gasteiger partial charge on any atom is -0.394 e. The molecule has 0 aromatic rings. The van der Waals surface area contributed by atoms with E-state index >= 15 is 0 Å². The van der Waals surface area contributed by atoms with Gasteiger partial charge < -0.3 is 89.9 Å². The summed E-state index contributed by atoms with van der Waals surface area (Å²) in [7, 11) is 0. The Bertz CT molecular complexity index is 1720. The van der Waals surface area contributed by atoms with E-state index < -0.39 is 124 Å². The molecule has 3 saturated heterocycles. The van der Waals surface area contributed by atoms with Gasteiger partial charge >= 0.3 is 0 Å². The first-order valence-corrected chi connectivity index (χ1v) is 27.8. The van der Waals surface area contributed by atoms with Crippen molar-refractivity contribution in [3.8, 4) is 0 Å². The number of aliphatic hydroxyl groups excluding tert-OH is 11. The van der Waals surface area contributed by atoms with Crippen LogP contribution in [0, 0.1) is 0 Å². The van der Waals surface area contributed by atoms with Crippen molar-refractivity contribution < 1.29 is 89.4 Å². The predicted molar refractivity (Wildman–Crippen MR) is 286 cm³/mol. The molecule has 19 heteroatoms. The Morgan fingerprint density at radius 3 is 1.41 bits per heavy atom. The van der Waals surface area contributed by atoms with E-state index in [-0.39, 0.29) is 18.9 Å². The van der Waals surface area contributed by atoms with E-state index in [2.05, 4.69) is 104 Å². The van der Waals surface area contributed by atoms with E-state index in [1.165, 1.54) is 0 Å². The van der Waals surface area contributed by atoms with Crippen molar-refractivity contribution in [2.75, 3.05) is 26.4 Å². The third-order valence-electron chi connectivity index (χ3n) is 13.5. The third-order valence-corrected chi connectivity index (χ3v) is 13.5. The van der Waals surface area contributed by atoms with Gasteiger partial charge in [-0.1, -0.05) is 144 Å².